The molecule has 1 saturated heterocycles. The molecule has 0 aliphatic carbocycles. The van der Waals surface area contributed by atoms with Crippen LogP contribution in [0.2, 0.25) is 0 Å². The molecule has 1 aliphatic rings. The van der Waals surface area contributed by atoms with Crippen molar-refractivity contribution in [2.75, 3.05) is 31.5 Å². The molecule has 1 aromatic heterocycles. The molecule has 6 heteroatoms. The second kappa shape index (κ2) is 7.72. The lowest BCUT2D eigenvalue weighted by molar-refractivity contribution is -0.130. The summed E-state index contributed by atoms with van der Waals surface area (Å²) in [6, 6.07) is 16.3. The number of carbonyl (C=O) groups is 1. The van der Waals surface area contributed by atoms with Gasteiger partial charge in [0.25, 0.3) is 0 Å². The van der Waals surface area contributed by atoms with Crippen LogP contribution in [0.25, 0.3) is 10.9 Å². The monoisotopic (exact) mass is 361 g/mol. The summed E-state index contributed by atoms with van der Waals surface area (Å²) < 4.78 is 0. The number of aromatic nitrogens is 2. The molecule has 1 amide bonds. The molecule has 1 fully saturated rings. The van der Waals surface area contributed by atoms with Crippen molar-refractivity contribution in [3.8, 4) is 0 Å². The molecule has 2 heterocycles. The Labute approximate surface area is 158 Å². The second-order valence-electron chi connectivity index (χ2n) is 6.86. The quantitative estimate of drug-likeness (QED) is 0.774. The van der Waals surface area contributed by atoms with E-state index in [4.69, 9.17) is 0 Å². The Balaban J connectivity index is 1.42. The van der Waals surface area contributed by atoms with Crippen LogP contribution in [-0.4, -0.2) is 51.9 Å². The Morgan fingerprint density at radius 1 is 1.07 bits per heavy atom. The normalized spacial score (nSPS) is 15.1. The molecule has 0 spiro atoms. The van der Waals surface area contributed by atoms with Crippen molar-refractivity contribution in [2.45, 2.75) is 13.5 Å². The fourth-order valence-electron chi connectivity index (χ4n) is 3.39. The van der Waals surface area contributed by atoms with Gasteiger partial charge in [-0.1, -0.05) is 30.3 Å². The van der Waals surface area contributed by atoms with Gasteiger partial charge in [-0.05, 0) is 23.8 Å². The van der Waals surface area contributed by atoms with Crippen LogP contribution in [0, 0.1) is 0 Å². The lowest BCUT2D eigenvalue weighted by Gasteiger charge is -2.34. The Hall–Kier alpha value is -2.99. The number of rotatable bonds is 4. The van der Waals surface area contributed by atoms with Gasteiger partial charge in [0, 0.05) is 56.9 Å². The number of nitrogens with one attached hydrogen (secondary N) is 1. The van der Waals surface area contributed by atoms with Crippen LogP contribution in [-0.2, 0) is 11.3 Å². The summed E-state index contributed by atoms with van der Waals surface area (Å²) in [5, 5.41) is 4.33. The molecule has 1 N–H and O–H groups in total. The van der Waals surface area contributed by atoms with Gasteiger partial charge in [0.2, 0.25) is 11.9 Å². The van der Waals surface area contributed by atoms with E-state index in [0.29, 0.717) is 5.95 Å². The Morgan fingerprint density at radius 3 is 2.70 bits per heavy atom. The maximum atomic E-state index is 11.5. The van der Waals surface area contributed by atoms with E-state index in [1.54, 1.807) is 6.92 Å². The van der Waals surface area contributed by atoms with Crippen molar-refractivity contribution in [3.05, 3.63) is 60.3 Å². The first-order valence-corrected chi connectivity index (χ1v) is 9.23. The van der Waals surface area contributed by atoms with Crippen molar-refractivity contribution in [1.29, 1.82) is 0 Å². The molecule has 138 valence electrons. The van der Waals surface area contributed by atoms with Crippen LogP contribution in [0.15, 0.2) is 54.7 Å². The highest BCUT2D eigenvalue weighted by Gasteiger charge is 2.18. The van der Waals surface area contributed by atoms with E-state index in [-0.39, 0.29) is 5.91 Å². The minimum atomic E-state index is 0.163. The van der Waals surface area contributed by atoms with E-state index < -0.39 is 0 Å². The number of benzene rings is 2. The van der Waals surface area contributed by atoms with Crippen molar-refractivity contribution in [2.24, 2.45) is 0 Å². The molecule has 0 saturated carbocycles. The lowest BCUT2D eigenvalue weighted by Crippen LogP contribution is -2.47. The van der Waals surface area contributed by atoms with Crippen molar-refractivity contribution in [1.82, 2.24) is 19.8 Å². The van der Waals surface area contributed by atoms with Crippen LogP contribution in [0.1, 0.15) is 12.5 Å². The molecule has 2 aromatic carbocycles. The van der Waals surface area contributed by atoms with Crippen LogP contribution in [0.5, 0.6) is 0 Å². The Kier molecular flexibility index (Phi) is 4.98. The first-order valence-electron chi connectivity index (χ1n) is 9.23. The summed E-state index contributed by atoms with van der Waals surface area (Å²) in [6.45, 7) is 5.94. The number of anilines is 2. The van der Waals surface area contributed by atoms with E-state index in [9.17, 15) is 4.79 Å². The summed E-state index contributed by atoms with van der Waals surface area (Å²) in [5.74, 6) is 0.761. The molecular weight excluding hydrogens is 338 g/mol. The SMILES string of the molecule is CC(=O)N1CCN(Cc2cccc(Nc3ncc4ccccc4n3)c2)CC1. The van der Waals surface area contributed by atoms with E-state index in [0.717, 1.165) is 49.3 Å². The van der Waals surface area contributed by atoms with Gasteiger partial charge in [-0.3, -0.25) is 9.69 Å². The third-order valence-corrected chi connectivity index (χ3v) is 4.90. The van der Waals surface area contributed by atoms with Crippen molar-refractivity contribution in [3.63, 3.8) is 0 Å². The third-order valence-electron chi connectivity index (χ3n) is 4.90. The number of para-hydroxylation sites is 1. The summed E-state index contributed by atoms with van der Waals surface area (Å²) in [6.07, 6.45) is 1.84. The largest absolute Gasteiger partial charge is 0.340 e. The predicted octanol–water partition coefficient (Wildman–Crippen LogP) is 3.04. The summed E-state index contributed by atoms with van der Waals surface area (Å²) in [7, 11) is 0. The molecule has 0 radical (unpaired) electrons. The standard InChI is InChI=1S/C21H23N5O/c1-16(27)26-11-9-25(10-12-26)15-17-5-4-7-19(13-17)23-21-22-14-18-6-2-3-8-20(18)24-21/h2-8,13-14H,9-12,15H2,1H3,(H,22,23,24). The number of amides is 1. The number of hydrogen-bond acceptors (Lipinski definition) is 5. The van der Waals surface area contributed by atoms with Crippen LogP contribution in [0.4, 0.5) is 11.6 Å². The smallest absolute Gasteiger partial charge is 0.227 e. The highest BCUT2D eigenvalue weighted by molar-refractivity contribution is 5.78. The molecule has 0 atom stereocenters. The number of carbonyl (C=O) groups excluding carboxylic acids is 1. The Morgan fingerprint density at radius 2 is 1.89 bits per heavy atom. The van der Waals surface area contributed by atoms with E-state index in [1.165, 1.54) is 5.56 Å². The van der Waals surface area contributed by atoms with Gasteiger partial charge in [-0.2, -0.15) is 0 Å². The van der Waals surface area contributed by atoms with E-state index >= 15 is 0 Å². The maximum Gasteiger partial charge on any atom is 0.227 e. The summed E-state index contributed by atoms with van der Waals surface area (Å²) >= 11 is 0. The van der Waals surface area contributed by atoms with Crippen LogP contribution in [0.3, 0.4) is 0 Å². The zero-order chi connectivity index (χ0) is 18.6. The Bertz CT molecular complexity index is 950. The fraction of sp³-hybridized carbons (Fsp3) is 0.286. The molecule has 3 aromatic rings. The van der Waals surface area contributed by atoms with Gasteiger partial charge in [-0.25, -0.2) is 9.97 Å². The van der Waals surface area contributed by atoms with Gasteiger partial charge in [-0.15, -0.1) is 0 Å². The van der Waals surface area contributed by atoms with Crippen molar-refractivity contribution >= 4 is 28.4 Å². The third kappa shape index (κ3) is 4.23. The minimum absolute atomic E-state index is 0.163. The number of piperazine rings is 1. The fourth-order valence-corrected chi connectivity index (χ4v) is 3.39. The molecule has 4 rings (SSSR count). The maximum absolute atomic E-state index is 11.5. The summed E-state index contributed by atoms with van der Waals surface area (Å²) in [4.78, 5) is 24.7. The topological polar surface area (TPSA) is 61.4 Å². The minimum Gasteiger partial charge on any atom is -0.340 e. The van der Waals surface area contributed by atoms with Crippen molar-refractivity contribution < 1.29 is 4.79 Å². The number of hydrogen-bond donors (Lipinski definition) is 1. The van der Waals surface area contributed by atoms with Gasteiger partial charge in [0.05, 0.1) is 5.52 Å². The molecule has 0 bridgehead atoms. The molecule has 27 heavy (non-hydrogen) atoms. The second-order valence-corrected chi connectivity index (χ2v) is 6.86. The molecule has 6 nitrogen and oxygen atoms in total. The molecule has 1 aliphatic heterocycles. The number of nitrogens with zero attached hydrogens (tertiary/aromatic N) is 4. The van der Waals surface area contributed by atoms with Gasteiger partial charge >= 0.3 is 0 Å². The van der Waals surface area contributed by atoms with Crippen LogP contribution < -0.4 is 5.32 Å². The van der Waals surface area contributed by atoms with Crippen LogP contribution >= 0.6 is 0 Å². The van der Waals surface area contributed by atoms with Gasteiger partial charge < -0.3 is 10.2 Å². The highest BCUT2D eigenvalue weighted by Crippen LogP contribution is 2.19. The highest BCUT2D eigenvalue weighted by atomic mass is 16.2. The molecule has 0 unspecified atom stereocenters. The number of fused-ring (bicyclic) bond motifs is 1. The summed E-state index contributed by atoms with van der Waals surface area (Å²) in [5.41, 5.74) is 3.14. The predicted molar refractivity (Wildman–Crippen MR) is 107 cm³/mol. The lowest BCUT2D eigenvalue weighted by atomic mass is 10.1. The van der Waals surface area contributed by atoms with E-state index in [1.807, 2.05) is 47.5 Å². The zero-order valence-corrected chi connectivity index (χ0v) is 15.4. The average molecular weight is 361 g/mol. The van der Waals surface area contributed by atoms with Gasteiger partial charge in [0.1, 0.15) is 0 Å². The average Bonchev–Trinajstić information content (AvgIpc) is 2.69. The van der Waals surface area contributed by atoms with E-state index in [2.05, 4.69) is 32.3 Å². The first kappa shape index (κ1) is 17.4. The van der Waals surface area contributed by atoms with Gasteiger partial charge in [0.15, 0.2) is 0 Å². The zero-order valence-electron chi connectivity index (χ0n) is 15.4. The molecular formula is C21H23N5O. The first-order chi connectivity index (χ1) is 13.2.